The lowest BCUT2D eigenvalue weighted by molar-refractivity contribution is 0.153. The van der Waals surface area contributed by atoms with E-state index >= 15 is 0 Å². The SMILES string of the molecule is Br.CCCOc1cccnc1CNCc1ccc(CN(Cc2nc3ccccc3[nH]2)C2CCCc3cccnc32)cc1. The van der Waals surface area contributed by atoms with Crippen molar-refractivity contribution in [2.45, 2.75) is 64.8 Å². The number of aromatic amines is 1. The minimum absolute atomic E-state index is 0. The van der Waals surface area contributed by atoms with Crippen LogP contribution >= 0.6 is 17.0 Å². The fourth-order valence-corrected chi connectivity index (χ4v) is 5.71. The Kier molecular flexibility index (Phi) is 10.3. The molecule has 42 heavy (non-hydrogen) atoms. The maximum atomic E-state index is 5.86. The summed E-state index contributed by atoms with van der Waals surface area (Å²) < 4.78 is 5.86. The van der Waals surface area contributed by atoms with Gasteiger partial charge in [0, 0.05) is 32.0 Å². The van der Waals surface area contributed by atoms with Crippen molar-refractivity contribution in [3.05, 3.63) is 119 Å². The lowest BCUT2D eigenvalue weighted by Crippen LogP contribution is -2.31. The first-order valence-corrected chi connectivity index (χ1v) is 14.7. The van der Waals surface area contributed by atoms with Crippen molar-refractivity contribution in [3.8, 4) is 5.75 Å². The number of nitrogens with one attached hydrogen (secondary N) is 2. The standard InChI is InChI=1S/C34H38N6O.BrH/c1-2-20-41-32-13-7-18-36-30(32)22-35-21-25-14-16-26(17-15-25)23-40(24-33-38-28-10-3-4-11-29(28)39-33)31-12-5-8-27-9-6-19-37-34(27)31;/h3-4,6-7,9-11,13-19,31,35H,2,5,8,12,20-24H2,1H3,(H,38,39);1H. The fourth-order valence-electron chi connectivity index (χ4n) is 5.71. The Labute approximate surface area is 258 Å². The van der Waals surface area contributed by atoms with Crippen molar-refractivity contribution in [2.75, 3.05) is 6.61 Å². The van der Waals surface area contributed by atoms with E-state index in [1.165, 1.54) is 28.8 Å². The summed E-state index contributed by atoms with van der Waals surface area (Å²) in [7, 11) is 0. The molecule has 3 aromatic heterocycles. The molecule has 0 aliphatic heterocycles. The summed E-state index contributed by atoms with van der Waals surface area (Å²) in [6, 6.07) is 25.7. The van der Waals surface area contributed by atoms with Gasteiger partial charge in [-0.05, 0) is 72.7 Å². The monoisotopic (exact) mass is 626 g/mol. The summed E-state index contributed by atoms with van der Waals surface area (Å²) in [5.74, 6) is 1.85. The van der Waals surface area contributed by atoms with E-state index in [1.807, 2.05) is 30.6 Å². The molecule has 0 spiro atoms. The molecule has 218 valence electrons. The van der Waals surface area contributed by atoms with Crippen LogP contribution in [0.1, 0.15) is 66.1 Å². The number of fused-ring (bicyclic) bond motifs is 2. The molecular weight excluding hydrogens is 588 g/mol. The van der Waals surface area contributed by atoms with Gasteiger partial charge in [-0.25, -0.2) is 4.98 Å². The molecular formula is C34H39BrN6O. The van der Waals surface area contributed by atoms with E-state index in [0.29, 0.717) is 13.2 Å². The lowest BCUT2D eigenvalue weighted by Gasteiger charge is -2.34. The van der Waals surface area contributed by atoms with Crippen molar-refractivity contribution in [3.63, 3.8) is 0 Å². The lowest BCUT2D eigenvalue weighted by atomic mass is 9.90. The maximum Gasteiger partial charge on any atom is 0.142 e. The van der Waals surface area contributed by atoms with Crippen molar-refractivity contribution in [2.24, 2.45) is 0 Å². The third kappa shape index (κ3) is 7.24. The molecule has 3 heterocycles. The van der Waals surface area contributed by atoms with Gasteiger partial charge in [-0.3, -0.25) is 14.9 Å². The van der Waals surface area contributed by atoms with Gasteiger partial charge in [0.25, 0.3) is 0 Å². The Hall–Kier alpha value is -3.59. The highest BCUT2D eigenvalue weighted by atomic mass is 79.9. The molecule has 8 heteroatoms. The summed E-state index contributed by atoms with van der Waals surface area (Å²) in [6.45, 7) is 5.83. The third-order valence-electron chi connectivity index (χ3n) is 7.74. The smallest absolute Gasteiger partial charge is 0.142 e. The second kappa shape index (κ2) is 14.5. The predicted molar refractivity (Wildman–Crippen MR) is 173 cm³/mol. The largest absolute Gasteiger partial charge is 0.492 e. The molecule has 5 aromatic rings. The summed E-state index contributed by atoms with van der Waals surface area (Å²) in [6.07, 6.45) is 8.11. The van der Waals surface area contributed by atoms with Crippen LogP contribution in [0.5, 0.6) is 5.75 Å². The van der Waals surface area contributed by atoms with E-state index in [-0.39, 0.29) is 23.0 Å². The first-order valence-electron chi connectivity index (χ1n) is 14.7. The number of halogens is 1. The van der Waals surface area contributed by atoms with E-state index in [1.54, 1.807) is 0 Å². The fraction of sp³-hybridized carbons (Fsp3) is 0.324. The molecule has 0 saturated carbocycles. The first kappa shape index (κ1) is 29.9. The molecule has 0 bridgehead atoms. The number of imidazole rings is 1. The molecule has 2 aromatic carbocycles. The Balaban J connectivity index is 0.00000353. The zero-order valence-corrected chi connectivity index (χ0v) is 25.8. The average Bonchev–Trinajstić information content (AvgIpc) is 3.43. The van der Waals surface area contributed by atoms with Gasteiger partial charge in [0.2, 0.25) is 0 Å². The number of para-hydroxylation sites is 2. The minimum atomic E-state index is 0. The third-order valence-corrected chi connectivity index (χ3v) is 7.74. The van der Waals surface area contributed by atoms with Crippen LogP contribution in [0.2, 0.25) is 0 Å². The second-order valence-electron chi connectivity index (χ2n) is 10.8. The highest BCUT2D eigenvalue weighted by molar-refractivity contribution is 8.93. The number of hydrogen-bond acceptors (Lipinski definition) is 6. The van der Waals surface area contributed by atoms with E-state index < -0.39 is 0 Å². The number of ether oxygens (including phenoxy) is 1. The van der Waals surface area contributed by atoms with Gasteiger partial charge in [0.15, 0.2) is 0 Å². The van der Waals surface area contributed by atoms with Gasteiger partial charge < -0.3 is 15.0 Å². The molecule has 1 unspecified atom stereocenters. The molecule has 1 aliphatic carbocycles. The summed E-state index contributed by atoms with van der Waals surface area (Å²) in [4.78, 5) is 20.3. The van der Waals surface area contributed by atoms with Crippen LogP contribution in [0.15, 0.2) is 85.2 Å². The number of aromatic nitrogens is 4. The summed E-state index contributed by atoms with van der Waals surface area (Å²) in [5.41, 5.74) is 8.15. The van der Waals surface area contributed by atoms with Crippen LogP contribution in [-0.4, -0.2) is 31.4 Å². The zero-order valence-electron chi connectivity index (χ0n) is 24.1. The summed E-state index contributed by atoms with van der Waals surface area (Å²) in [5, 5.41) is 3.53. The van der Waals surface area contributed by atoms with Crippen molar-refractivity contribution < 1.29 is 4.74 Å². The van der Waals surface area contributed by atoms with E-state index in [2.05, 4.69) is 81.7 Å². The Morgan fingerprint density at radius 1 is 0.905 bits per heavy atom. The van der Waals surface area contributed by atoms with Crippen LogP contribution < -0.4 is 10.1 Å². The Bertz CT molecular complexity index is 1540. The number of hydrogen-bond donors (Lipinski definition) is 2. The molecule has 0 fully saturated rings. The average molecular weight is 628 g/mol. The van der Waals surface area contributed by atoms with Crippen molar-refractivity contribution >= 4 is 28.0 Å². The highest BCUT2D eigenvalue weighted by Crippen LogP contribution is 2.34. The van der Waals surface area contributed by atoms with Crippen molar-refractivity contribution in [1.82, 2.24) is 30.2 Å². The van der Waals surface area contributed by atoms with Crippen LogP contribution in [0.25, 0.3) is 11.0 Å². The van der Waals surface area contributed by atoms with Gasteiger partial charge >= 0.3 is 0 Å². The molecule has 7 nitrogen and oxygen atoms in total. The number of H-pyrrole nitrogens is 1. The molecule has 0 radical (unpaired) electrons. The van der Waals surface area contributed by atoms with Gasteiger partial charge in [0.1, 0.15) is 11.6 Å². The van der Waals surface area contributed by atoms with E-state index in [9.17, 15) is 0 Å². The first-order chi connectivity index (χ1) is 20.3. The van der Waals surface area contributed by atoms with Gasteiger partial charge in [-0.2, -0.15) is 0 Å². The Morgan fingerprint density at radius 3 is 2.57 bits per heavy atom. The highest BCUT2D eigenvalue weighted by Gasteiger charge is 2.28. The molecule has 1 aliphatic rings. The summed E-state index contributed by atoms with van der Waals surface area (Å²) >= 11 is 0. The number of pyridine rings is 2. The quantitative estimate of drug-likeness (QED) is 0.154. The number of aryl methyl sites for hydroxylation is 1. The molecule has 6 rings (SSSR count). The van der Waals surface area contributed by atoms with Crippen LogP contribution in [0.4, 0.5) is 0 Å². The molecule has 2 N–H and O–H groups in total. The van der Waals surface area contributed by atoms with E-state index in [4.69, 9.17) is 14.7 Å². The number of nitrogens with zero attached hydrogens (tertiary/aromatic N) is 4. The molecule has 1 atom stereocenters. The van der Waals surface area contributed by atoms with E-state index in [0.717, 1.165) is 67.2 Å². The molecule has 0 amide bonds. The van der Waals surface area contributed by atoms with Gasteiger partial charge in [-0.1, -0.05) is 49.4 Å². The predicted octanol–water partition coefficient (Wildman–Crippen LogP) is 7.09. The normalized spacial score (nSPS) is 14.5. The second-order valence-corrected chi connectivity index (χ2v) is 10.8. The molecule has 0 saturated heterocycles. The topological polar surface area (TPSA) is 79.0 Å². The maximum absolute atomic E-state index is 5.86. The van der Waals surface area contributed by atoms with Crippen LogP contribution in [0, 0.1) is 0 Å². The van der Waals surface area contributed by atoms with Crippen molar-refractivity contribution in [1.29, 1.82) is 0 Å². The zero-order chi connectivity index (χ0) is 27.9. The number of rotatable bonds is 12. The van der Waals surface area contributed by atoms with Crippen LogP contribution in [-0.2, 0) is 32.6 Å². The van der Waals surface area contributed by atoms with Crippen LogP contribution in [0.3, 0.4) is 0 Å². The van der Waals surface area contributed by atoms with Gasteiger partial charge in [-0.15, -0.1) is 17.0 Å². The van der Waals surface area contributed by atoms with Gasteiger partial charge in [0.05, 0.1) is 41.6 Å². The Morgan fingerprint density at radius 2 is 1.71 bits per heavy atom. The minimum Gasteiger partial charge on any atom is -0.492 e. The number of benzene rings is 2.